The van der Waals surface area contributed by atoms with Gasteiger partial charge in [0.05, 0.1) is 18.8 Å². The van der Waals surface area contributed by atoms with Gasteiger partial charge in [-0.15, -0.1) is 0 Å². The first-order valence-electron chi connectivity index (χ1n) is 25.2. The van der Waals surface area contributed by atoms with Crippen molar-refractivity contribution < 1.29 is 15.0 Å². The molecule has 0 aromatic heterocycles. The van der Waals surface area contributed by atoms with E-state index in [1.54, 1.807) is 0 Å². The summed E-state index contributed by atoms with van der Waals surface area (Å²) in [7, 11) is 0. The molecule has 4 heteroatoms. The molecule has 0 fully saturated rings. The summed E-state index contributed by atoms with van der Waals surface area (Å²) in [6.45, 7) is 4.39. The zero-order valence-corrected chi connectivity index (χ0v) is 37.3. The molecule has 0 rings (SSSR count). The van der Waals surface area contributed by atoms with E-state index in [4.69, 9.17) is 0 Å². The van der Waals surface area contributed by atoms with Gasteiger partial charge < -0.3 is 15.5 Å². The van der Waals surface area contributed by atoms with Crippen molar-refractivity contribution in [2.75, 3.05) is 6.61 Å². The fraction of sp³-hybridized carbons (Fsp3) is 0.980. The van der Waals surface area contributed by atoms with Crippen LogP contribution in [0.2, 0.25) is 0 Å². The second kappa shape index (κ2) is 46.8. The van der Waals surface area contributed by atoms with E-state index in [1.807, 2.05) is 0 Å². The van der Waals surface area contributed by atoms with E-state index < -0.39 is 12.1 Å². The minimum atomic E-state index is -0.653. The molecular weight excluding hydrogens is 663 g/mol. The number of unbranched alkanes of at least 4 members (excludes halogenated alkanes) is 40. The molecule has 324 valence electrons. The van der Waals surface area contributed by atoms with Crippen LogP contribution in [0.1, 0.15) is 296 Å². The van der Waals surface area contributed by atoms with Crippen molar-refractivity contribution in [2.24, 2.45) is 0 Å². The van der Waals surface area contributed by atoms with Gasteiger partial charge in [-0.1, -0.05) is 277 Å². The fourth-order valence-corrected chi connectivity index (χ4v) is 8.25. The predicted molar refractivity (Wildman–Crippen MR) is 240 cm³/mol. The molecule has 1 amide bonds. The van der Waals surface area contributed by atoms with E-state index in [0.29, 0.717) is 12.8 Å². The van der Waals surface area contributed by atoms with Crippen LogP contribution in [0.3, 0.4) is 0 Å². The second-order valence-corrected chi connectivity index (χ2v) is 17.6. The Labute approximate surface area is 340 Å². The zero-order valence-electron chi connectivity index (χ0n) is 37.3. The number of aliphatic hydroxyl groups excluding tert-OH is 2. The third kappa shape index (κ3) is 42.5. The maximum Gasteiger partial charge on any atom is 0.220 e. The maximum absolute atomic E-state index is 12.4. The summed E-state index contributed by atoms with van der Waals surface area (Å²) < 4.78 is 0. The number of aliphatic hydroxyl groups is 2. The van der Waals surface area contributed by atoms with Gasteiger partial charge in [-0.2, -0.15) is 0 Å². The van der Waals surface area contributed by atoms with Gasteiger partial charge in [0.2, 0.25) is 5.91 Å². The highest BCUT2D eigenvalue weighted by Crippen LogP contribution is 2.18. The molecule has 3 N–H and O–H groups in total. The van der Waals surface area contributed by atoms with Gasteiger partial charge in [-0.25, -0.2) is 0 Å². The first-order chi connectivity index (χ1) is 26.7. The molecule has 0 saturated heterocycles. The number of nitrogens with one attached hydrogen (secondary N) is 1. The Kier molecular flexibility index (Phi) is 46.2. The molecule has 0 aromatic rings. The predicted octanol–water partition coefficient (Wildman–Crippen LogP) is 16.0. The fourth-order valence-electron chi connectivity index (χ4n) is 8.25. The molecular formula is C50H101NO3. The first kappa shape index (κ1) is 53.4. The topological polar surface area (TPSA) is 69.6 Å². The van der Waals surface area contributed by atoms with Crippen molar-refractivity contribution in [1.29, 1.82) is 0 Å². The zero-order chi connectivity index (χ0) is 39.3. The van der Waals surface area contributed by atoms with Gasteiger partial charge in [-0.05, 0) is 12.8 Å². The minimum Gasteiger partial charge on any atom is -0.394 e. The second-order valence-electron chi connectivity index (χ2n) is 17.6. The van der Waals surface area contributed by atoms with E-state index in [-0.39, 0.29) is 12.5 Å². The molecule has 4 nitrogen and oxygen atoms in total. The van der Waals surface area contributed by atoms with Crippen LogP contribution in [0.5, 0.6) is 0 Å². The van der Waals surface area contributed by atoms with Gasteiger partial charge in [-0.3, -0.25) is 4.79 Å². The molecule has 0 spiro atoms. The van der Waals surface area contributed by atoms with Crippen LogP contribution in [0, 0.1) is 0 Å². The molecule has 0 aliphatic rings. The lowest BCUT2D eigenvalue weighted by Gasteiger charge is -2.22. The Bertz CT molecular complexity index is 699. The Balaban J connectivity index is 3.39. The quantitative estimate of drug-likeness (QED) is 0.0541. The van der Waals surface area contributed by atoms with Crippen molar-refractivity contribution in [3.8, 4) is 0 Å². The summed E-state index contributed by atoms with van der Waals surface area (Å²) in [6, 6.07) is -0.530. The maximum atomic E-state index is 12.4. The number of carbonyl (C=O) groups is 1. The molecule has 0 saturated carbocycles. The van der Waals surface area contributed by atoms with Gasteiger partial charge in [0, 0.05) is 6.42 Å². The molecule has 0 radical (unpaired) electrons. The number of carbonyl (C=O) groups excluding carboxylic acids is 1. The van der Waals surface area contributed by atoms with Crippen LogP contribution in [-0.4, -0.2) is 34.9 Å². The lowest BCUT2D eigenvalue weighted by molar-refractivity contribution is -0.123. The summed E-state index contributed by atoms with van der Waals surface area (Å²) in [4.78, 5) is 12.4. The summed E-state index contributed by atoms with van der Waals surface area (Å²) >= 11 is 0. The third-order valence-electron chi connectivity index (χ3n) is 12.1. The average Bonchev–Trinajstić information content (AvgIpc) is 3.18. The lowest BCUT2D eigenvalue weighted by atomic mass is 10.0. The minimum absolute atomic E-state index is 0.0255. The van der Waals surface area contributed by atoms with Crippen LogP contribution in [0.15, 0.2) is 0 Å². The van der Waals surface area contributed by atoms with E-state index in [1.165, 1.54) is 244 Å². The molecule has 0 bridgehead atoms. The summed E-state index contributed by atoms with van der Waals surface area (Å²) in [5.74, 6) is -0.0255. The number of rotatable bonds is 47. The largest absolute Gasteiger partial charge is 0.394 e. The van der Waals surface area contributed by atoms with Crippen molar-refractivity contribution in [2.45, 2.75) is 309 Å². The summed E-state index contributed by atoms with van der Waals surface area (Å²) in [5, 5.41) is 23.2. The van der Waals surface area contributed by atoms with Crippen LogP contribution in [0.25, 0.3) is 0 Å². The van der Waals surface area contributed by atoms with Crippen LogP contribution >= 0.6 is 0 Å². The molecule has 0 aliphatic heterocycles. The van der Waals surface area contributed by atoms with Gasteiger partial charge in [0.15, 0.2) is 0 Å². The van der Waals surface area contributed by atoms with Crippen LogP contribution in [-0.2, 0) is 4.79 Å². The molecule has 0 aromatic carbocycles. The summed E-state index contributed by atoms with van der Waals surface area (Å²) in [6.07, 6.45) is 57.9. The van der Waals surface area contributed by atoms with Crippen LogP contribution < -0.4 is 5.32 Å². The van der Waals surface area contributed by atoms with E-state index in [9.17, 15) is 15.0 Å². The number of hydrogen-bond donors (Lipinski definition) is 3. The Morgan fingerprint density at radius 2 is 0.593 bits per heavy atom. The van der Waals surface area contributed by atoms with E-state index >= 15 is 0 Å². The smallest absolute Gasteiger partial charge is 0.220 e. The highest BCUT2D eigenvalue weighted by Gasteiger charge is 2.20. The van der Waals surface area contributed by atoms with E-state index in [0.717, 1.165) is 25.7 Å². The normalized spacial score (nSPS) is 12.7. The SMILES string of the molecule is CCCCCCCCCCCCCCCCCCCCCCCCCCCCCCC(O)C(CO)NC(=O)CCCCCCCCCCCCCCCC. The van der Waals surface area contributed by atoms with Gasteiger partial charge in [0.1, 0.15) is 0 Å². The molecule has 2 atom stereocenters. The highest BCUT2D eigenvalue weighted by atomic mass is 16.3. The van der Waals surface area contributed by atoms with Crippen molar-refractivity contribution in [1.82, 2.24) is 5.32 Å². The Hall–Kier alpha value is -0.610. The summed E-state index contributed by atoms with van der Waals surface area (Å²) in [5.41, 5.74) is 0. The third-order valence-corrected chi connectivity index (χ3v) is 12.1. The average molecular weight is 764 g/mol. The molecule has 0 aliphatic carbocycles. The lowest BCUT2D eigenvalue weighted by Crippen LogP contribution is -2.45. The van der Waals surface area contributed by atoms with E-state index in [2.05, 4.69) is 19.2 Å². The van der Waals surface area contributed by atoms with Crippen molar-refractivity contribution in [3.63, 3.8) is 0 Å². The Morgan fingerprint density at radius 1 is 0.370 bits per heavy atom. The van der Waals surface area contributed by atoms with Crippen LogP contribution in [0.4, 0.5) is 0 Å². The number of amides is 1. The van der Waals surface area contributed by atoms with Crippen molar-refractivity contribution in [3.05, 3.63) is 0 Å². The van der Waals surface area contributed by atoms with Gasteiger partial charge >= 0.3 is 0 Å². The molecule has 0 heterocycles. The standard InChI is InChI=1S/C50H101NO3/c1-3-5-7-9-11-13-15-17-19-20-21-22-23-24-25-26-27-28-29-30-31-32-33-35-37-39-41-43-45-49(53)48(47-52)51-50(54)46-44-42-40-38-36-34-18-16-14-12-10-8-6-4-2/h48-49,52-53H,3-47H2,1-2H3,(H,51,54). The first-order valence-corrected chi connectivity index (χ1v) is 25.2. The molecule has 54 heavy (non-hydrogen) atoms. The monoisotopic (exact) mass is 764 g/mol. The van der Waals surface area contributed by atoms with Gasteiger partial charge in [0.25, 0.3) is 0 Å². The Morgan fingerprint density at radius 3 is 0.833 bits per heavy atom. The highest BCUT2D eigenvalue weighted by molar-refractivity contribution is 5.76. The van der Waals surface area contributed by atoms with Crippen molar-refractivity contribution >= 4 is 5.91 Å². The number of hydrogen-bond acceptors (Lipinski definition) is 3. The molecule has 2 unspecified atom stereocenters.